The number of methoxy groups -OCH3 is 9. The van der Waals surface area contributed by atoms with Crippen LogP contribution in [0.5, 0.6) is 51.7 Å². The van der Waals surface area contributed by atoms with Crippen LogP contribution in [-0.4, -0.2) is 138 Å². The van der Waals surface area contributed by atoms with Crippen molar-refractivity contribution < 1.29 is 70.7 Å². The molecule has 0 fully saturated rings. The molecule has 0 saturated carbocycles. The fraction of sp³-hybridized carbons (Fsp3) is 0.462. The van der Waals surface area contributed by atoms with Crippen molar-refractivity contribution in [1.29, 1.82) is 0 Å². The van der Waals surface area contributed by atoms with Gasteiger partial charge < -0.3 is 61.1 Å². The summed E-state index contributed by atoms with van der Waals surface area (Å²) in [5, 5.41) is 0. The highest BCUT2D eigenvalue weighted by atomic mass is 16.5. The van der Waals surface area contributed by atoms with Gasteiger partial charge in [-0.25, -0.2) is 9.59 Å². The zero-order chi connectivity index (χ0) is 48.3. The van der Waals surface area contributed by atoms with Gasteiger partial charge in [-0.05, 0) is 71.3 Å². The van der Waals surface area contributed by atoms with Crippen molar-refractivity contribution in [3.63, 3.8) is 0 Å². The van der Waals surface area contributed by atoms with E-state index in [0.717, 1.165) is 66.9 Å². The van der Waals surface area contributed by atoms with E-state index in [2.05, 4.69) is 44.4 Å². The van der Waals surface area contributed by atoms with E-state index >= 15 is 0 Å². The van der Waals surface area contributed by atoms with Gasteiger partial charge in [-0.1, -0.05) is 0 Å². The van der Waals surface area contributed by atoms with E-state index in [1.807, 2.05) is 24.3 Å². The lowest BCUT2D eigenvalue weighted by Crippen LogP contribution is -2.52. The first kappa shape index (κ1) is 50.1. The first-order valence-electron chi connectivity index (χ1n) is 22.5. The second-order valence-corrected chi connectivity index (χ2v) is 17.3. The van der Waals surface area contributed by atoms with E-state index in [1.165, 1.54) is 11.1 Å². The molecule has 4 aromatic carbocycles. The Bertz CT molecular complexity index is 2380. The van der Waals surface area contributed by atoms with Crippen molar-refractivity contribution in [3.05, 3.63) is 100 Å². The van der Waals surface area contributed by atoms with Crippen molar-refractivity contribution in [2.75, 3.05) is 117 Å². The lowest BCUT2D eigenvalue weighted by Gasteiger charge is -2.46. The maximum Gasteiger partial charge on any atom is 0.331 e. The molecule has 2 heterocycles. The summed E-state index contributed by atoms with van der Waals surface area (Å²) in [6, 6.07) is 18.2. The number of hydrogen-bond donors (Lipinski definition) is 0. The minimum absolute atomic E-state index is 0.0107. The average molecular weight is 929 g/mol. The number of likely N-dealkylation sites (N-methyl/N-ethyl adjacent to an activating group) is 2. The molecule has 0 bridgehead atoms. The molecule has 4 aromatic rings. The molecule has 0 saturated heterocycles. The van der Waals surface area contributed by atoms with E-state index in [9.17, 15) is 9.59 Å². The van der Waals surface area contributed by atoms with Crippen LogP contribution >= 0.6 is 0 Å². The van der Waals surface area contributed by atoms with E-state index in [4.69, 9.17) is 52.1 Å². The van der Waals surface area contributed by atoms with Crippen LogP contribution in [0.2, 0.25) is 0 Å². The Hall–Kier alpha value is -6.32. The maximum absolute atomic E-state index is 12.9. The van der Waals surface area contributed by atoms with Crippen molar-refractivity contribution in [2.24, 2.45) is 0 Å². The van der Waals surface area contributed by atoms with Gasteiger partial charge in [-0.3, -0.25) is 0 Å². The molecule has 0 aromatic heterocycles. The highest BCUT2D eigenvalue weighted by molar-refractivity contribution is 5.91. The van der Waals surface area contributed by atoms with E-state index in [1.54, 1.807) is 64.0 Å². The van der Waals surface area contributed by atoms with Gasteiger partial charge in [-0.2, -0.15) is 0 Å². The number of rotatable bonds is 22. The minimum atomic E-state index is -0.608. The van der Waals surface area contributed by atoms with Crippen molar-refractivity contribution in [1.82, 2.24) is 0 Å². The molecule has 4 unspecified atom stereocenters. The Morgan fingerprint density at radius 1 is 0.522 bits per heavy atom. The topological polar surface area (TPSA) is 136 Å². The molecule has 362 valence electrons. The van der Waals surface area contributed by atoms with E-state index in [0.29, 0.717) is 86.5 Å². The second kappa shape index (κ2) is 22.4. The number of hydrogen-bond acceptors (Lipinski definition) is 13. The zero-order valence-electron chi connectivity index (χ0n) is 41.0. The summed E-state index contributed by atoms with van der Waals surface area (Å²) < 4.78 is 63.5. The highest BCUT2D eigenvalue weighted by Gasteiger charge is 2.42. The van der Waals surface area contributed by atoms with Crippen LogP contribution in [0.3, 0.4) is 0 Å². The van der Waals surface area contributed by atoms with Crippen LogP contribution in [0.4, 0.5) is 0 Å². The molecule has 15 heteroatoms. The van der Waals surface area contributed by atoms with Gasteiger partial charge >= 0.3 is 11.9 Å². The number of quaternary nitrogens is 2. The molecule has 15 nitrogen and oxygen atoms in total. The van der Waals surface area contributed by atoms with E-state index in [-0.39, 0.29) is 25.3 Å². The third kappa shape index (κ3) is 11.1. The van der Waals surface area contributed by atoms with Crippen LogP contribution in [-0.2, 0) is 38.3 Å². The molecule has 6 rings (SSSR count). The fourth-order valence-electron chi connectivity index (χ4n) is 9.89. The molecule has 0 aliphatic carbocycles. The summed E-state index contributed by atoms with van der Waals surface area (Å²) in [6.45, 7) is 3.48. The van der Waals surface area contributed by atoms with E-state index < -0.39 is 11.9 Å². The Balaban J connectivity index is 1.06. The first-order chi connectivity index (χ1) is 32.3. The normalized spacial score (nSPS) is 19.6. The number of carbonyl (C=O) groups is 2. The Morgan fingerprint density at radius 2 is 0.970 bits per heavy atom. The smallest absolute Gasteiger partial charge is 0.331 e. The Morgan fingerprint density at radius 3 is 1.48 bits per heavy atom. The monoisotopic (exact) mass is 928 g/mol. The van der Waals surface area contributed by atoms with Crippen LogP contribution in [0.15, 0.2) is 66.7 Å². The lowest BCUT2D eigenvalue weighted by atomic mass is 9.85. The third-order valence-electron chi connectivity index (χ3n) is 13.5. The van der Waals surface area contributed by atoms with Crippen LogP contribution in [0, 0.1) is 0 Å². The molecule has 67 heavy (non-hydrogen) atoms. The highest BCUT2D eigenvalue weighted by Crippen LogP contribution is 2.47. The summed E-state index contributed by atoms with van der Waals surface area (Å²) in [5.74, 6) is 4.48. The predicted molar refractivity (Wildman–Crippen MR) is 253 cm³/mol. The summed E-state index contributed by atoms with van der Waals surface area (Å²) >= 11 is 0. The first-order valence-corrected chi connectivity index (χ1v) is 22.5. The van der Waals surface area contributed by atoms with Gasteiger partial charge in [0.2, 0.25) is 5.75 Å². The molecule has 4 atom stereocenters. The summed E-state index contributed by atoms with van der Waals surface area (Å²) in [4.78, 5) is 25.7. The Labute approximate surface area is 395 Å². The number of esters is 2. The maximum atomic E-state index is 12.9. The van der Waals surface area contributed by atoms with Crippen LogP contribution < -0.4 is 42.6 Å². The number of ether oxygens (including phenoxy) is 11. The van der Waals surface area contributed by atoms with Gasteiger partial charge in [0.25, 0.3) is 0 Å². The molecular formula is C52H68N2O13+2. The number of carbonyl (C=O) groups excluding carboxylic acids is 2. The zero-order valence-corrected chi connectivity index (χ0v) is 41.0. The lowest BCUT2D eigenvalue weighted by molar-refractivity contribution is -0.941. The Kier molecular flexibility index (Phi) is 16.8. The van der Waals surface area contributed by atoms with Gasteiger partial charge in [0.05, 0.1) is 117 Å². The second-order valence-electron chi connectivity index (χ2n) is 17.3. The fourth-order valence-corrected chi connectivity index (χ4v) is 9.89. The number of nitrogens with zero attached hydrogens (tertiary/aromatic N) is 2. The third-order valence-corrected chi connectivity index (χ3v) is 13.5. The quantitative estimate of drug-likeness (QED) is 0.0339. The van der Waals surface area contributed by atoms with Crippen LogP contribution in [0.25, 0.3) is 0 Å². The molecule has 0 spiro atoms. The van der Waals surface area contributed by atoms with Crippen LogP contribution in [0.1, 0.15) is 58.3 Å². The largest absolute Gasteiger partial charge is 0.493 e. The standard InChI is InChI=1S/C52H68N2O13/c1-53(22-18-35-29-43(59-5)45(61-7)32-38(35)40(53)26-34-27-47(63-9)52(65-11)48(28-34)64-10)20-12-24-66-49(55)16-17-50(56)67-25-13-21-54(2)23-19-36-30-44(60-6)46(62-8)33-39(36)51(54)37-14-15-41(57-3)42(31-37)58-4/h14-17,27-33,40,51H,12-13,18-26H2,1-11H3/q+2. The molecule has 0 amide bonds. The molecule has 0 radical (unpaired) electrons. The van der Waals surface area contributed by atoms with Gasteiger partial charge in [0.1, 0.15) is 12.1 Å². The van der Waals surface area contributed by atoms with Crippen molar-refractivity contribution in [3.8, 4) is 51.7 Å². The van der Waals surface area contributed by atoms with Crippen molar-refractivity contribution in [2.45, 2.75) is 44.2 Å². The number of benzene rings is 4. The average Bonchev–Trinajstić information content (AvgIpc) is 3.35. The van der Waals surface area contributed by atoms with Gasteiger partial charge in [0.15, 0.2) is 46.0 Å². The molecule has 0 N–H and O–H groups in total. The predicted octanol–water partition coefficient (Wildman–Crippen LogP) is 7.27. The summed E-state index contributed by atoms with van der Waals surface area (Å²) in [6.07, 6.45) is 5.77. The molecule has 2 aliphatic rings. The SMILES string of the molecule is COc1ccc(C2c3cc(OC)c(OC)cc3CC[N+]2(C)CCCOC(=O)C=CC(=O)OCCC[N+]2(C)CCc3cc(OC)c(OC)cc3C2Cc2cc(OC)c(OC)c(OC)c2)cc1OC. The molecule has 2 aliphatic heterocycles. The summed E-state index contributed by atoms with van der Waals surface area (Å²) in [5.41, 5.74) is 6.75. The van der Waals surface area contributed by atoms with Gasteiger partial charge in [-0.15, -0.1) is 0 Å². The molecular weight excluding hydrogens is 861 g/mol. The van der Waals surface area contributed by atoms with Gasteiger partial charge in [0, 0.05) is 60.9 Å². The summed E-state index contributed by atoms with van der Waals surface area (Å²) in [7, 11) is 19.1. The van der Waals surface area contributed by atoms with Crippen molar-refractivity contribution >= 4 is 11.9 Å². The number of fused-ring (bicyclic) bond motifs is 2. The minimum Gasteiger partial charge on any atom is -0.493 e.